The van der Waals surface area contributed by atoms with Crippen LogP contribution in [0.1, 0.15) is 0 Å². The van der Waals surface area contributed by atoms with Gasteiger partial charge in [-0.15, -0.1) is 0 Å². The molecule has 0 saturated heterocycles. The number of sulfone groups is 1. The number of rotatable bonds is 5. The Labute approximate surface area is 161 Å². The Kier molecular flexibility index (Phi) is 6.69. The van der Waals surface area contributed by atoms with Gasteiger partial charge >= 0.3 is 0 Å². The van der Waals surface area contributed by atoms with Crippen molar-refractivity contribution in [2.75, 3.05) is 25.2 Å². The van der Waals surface area contributed by atoms with Crippen LogP contribution >= 0.6 is 23.4 Å². The highest BCUT2D eigenvalue weighted by Gasteiger charge is 2.19. The van der Waals surface area contributed by atoms with Gasteiger partial charge in [-0.05, 0) is 60.3 Å². The molecule has 0 aliphatic carbocycles. The average Bonchev–Trinajstić information content (AvgIpc) is 2.56. The molecule has 1 N–H and O–H groups in total. The zero-order valence-corrected chi connectivity index (χ0v) is 16.5. The zero-order valence-electron chi connectivity index (χ0n) is 14.1. The van der Waals surface area contributed by atoms with Crippen LogP contribution in [0.3, 0.4) is 0 Å². The standard InChI is InChI=1S/C17H17ClN2O4S2/c1-20(2)17(22)25-14-7-5-13(6-8-14)19-16(21)11-26(23,24)15-9-3-12(18)4-10-15/h3-10H,11H2,1-2H3,(H,19,21). The van der Waals surface area contributed by atoms with Gasteiger partial charge in [0, 0.05) is 29.7 Å². The second-order valence-electron chi connectivity index (χ2n) is 5.55. The summed E-state index contributed by atoms with van der Waals surface area (Å²) in [6.07, 6.45) is 0. The van der Waals surface area contributed by atoms with Crippen LogP contribution in [0, 0.1) is 0 Å². The van der Waals surface area contributed by atoms with E-state index >= 15 is 0 Å². The molecule has 0 radical (unpaired) electrons. The summed E-state index contributed by atoms with van der Waals surface area (Å²) in [7, 11) is -0.439. The van der Waals surface area contributed by atoms with Crippen molar-refractivity contribution in [2.24, 2.45) is 0 Å². The van der Waals surface area contributed by atoms with Crippen molar-refractivity contribution in [1.29, 1.82) is 0 Å². The molecule has 6 nitrogen and oxygen atoms in total. The molecular weight excluding hydrogens is 396 g/mol. The summed E-state index contributed by atoms with van der Waals surface area (Å²) in [5.74, 6) is -1.32. The van der Waals surface area contributed by atoms with Gasteiger partial charge in [-0.3, -0.25) is 9.59 Å². The molecular formula is C17H17ClN2O4S2. The molecule has 0 saturated carbocycles. The van der Waals surface area contributed by atoms with Crippen LogP contribution in [-0.4, -0.2) is 44.3 Å². The minimum absolute atomic E-state index is 0.0333. The number of benzene rings is 2. The van der Waals surface area contributed by atoms with Gasteiger partial charge in [-0.1, -0.05) is 11.6 Å². The van der Waals surface area contributed by atoms with Gasteiger partial charge < -0.3 is 10.2 Å². The highest BCUT2D eigenvalue weighted by Crippen LogP contribution is 2.22. The van der Waals surface area contributed by atoms with Crippen LogP contribution < -0.4 is 5.32 Å². The first-order valence-electron chi connectivity index (χ1n) is 7.45. The molecule has 9 heteroatoms. The van der Waals surface area contributed by atoms with Crippen LogP contribution in [-0.2, 0) is 14.6 Å². The van der Waals surface area contributed by atoms with Crippen molar-refractivity contribution in [3.8, 4) is 0 Å². The van der Waals surface area contributed by atoms with Crippen molar-refractivity contribution >= 4 is 50.0 Å². The summed E-state index contributed by atoms with van der Waals surface area (Å²) >= 11 is 6.79. The highest BCUT2D eigenvalue weighted by molar-refractivity contribution is 8.13. The van der Waals surface area contributed by atoms with Gasteiger partial charge in [0.15, 0.2) is 9.84 Å². The third-order valence-corrected chi connectivity index (χ3v) is 6.13. The molecule has 0 spiro atoms. The Morgan fingerprint density at radius 3 is 2.15 bits per heavy atom. The minimum Gasteiger partial charge on any atom is -0.339 e. The van der Waals surface area contributed by atoms with E-state index in [1.165, 1.54) is 29.2 Å². The third-order valence-electron chi connectivity index (χ3n) is 3.20. The number of nitrogens with one attached hydrogen (secondary N) is 1. The molecule has 0 fully saturated rings. The van der Waals surface area contributed by atoms with E-state index in [1.54, 1.807) is 38.4 Å². The molecule has 0 aromatic heterocycles. The van der Waals surface area contributed by atoms with Crippen LogP contribution in [0.5, 0.6) is 0 Å². The molecule has 0 unspecified atom stereocenters. The Morgan fingerprint density at radius 2 is 1.62 bits per heavy atom. The Morgan fingerprint density at radius 1 is 1.04 bits per heavy atom. The number of halogens is 1. The van der Waals surface area contributed by atoms with Crippen LogP contribution in [0.2, 0.25) is 5.02 Å². The SMILES string of the molecule is CN(C)C(=O)Sc1ccc(NC(=O)CS(=O)(=O)c2ccc(Cl)cc2)cc1. The first-order valence-corrected chi connectivity index (χ1v) is 10.3. The summed E-state index contributed by atoms with van der Waals surface area (Å²) in [4.78, 5) is 25.9. The third kappa shape index (κ3) is 5.76. The summed E-state index contributed by atoms with van der Waals surface area (Å²) in [5, 5.41) is 2.83. The van der Waals surface area contributed by atoms with Gasteiger partial charge in [-0.2, -0.15) is 0 Å². The topological polar surface area (TPSA) is 83.6 Å². The maximum atomic E-state index is 12.2. The molecule has 0 aliphatic heterocycles. The monoisotopic (exact) mass is 412 g/mol. The molecule has 0 atom stereocenters. The molecule has 2 aromatic rings. The van der Waals surface area contributed by atoms with E-state index in [2.05, 4.69) is 5.32 Å². The maximum Gasteiger partial charge on any atom is 0.285 e. The molecule has 2 rings (SSSR count). The average molecular weight is 413 g/mol. The summed E-state index contributed by atoms with van der Waals surface area (Å²) in [5.41, 5.74) is 0.447. The molecule has 26 heavy (non-hydrogen) atoms. The second kappa shape index (κ2) is 8.57. The quantitative estimate of drug-likeness (QED) is 0.759. The van der Waals surface area contributed by atoms with E-state index in [0.717, 1.165) is 16.7 Å². The number of amides is 2. The van der Waals surface area contributed by atoms with Gasteiger partial charge in [0.25, 0.3) is 5.24 Å². The van der Waals surface area contributed by atoms with Gasteiger partial charge in [-0.25, -0.2) is 8.42 Å². The number of anilines is 1. The summed E-state index contributed by atoms with van der Waals surface area (Å²) < 4.78 is 24.5. The van der Waals surface area contributed by atoms with Crippen molar-refractivity contribution in [2.45, 2.75) is 9.79 Å². The summed E-state index contributed by atoms with van der Waals surface area (Å²) in [6.45, 7) is 0. The number of hydrogen-bond donors (Lipinski definition) is 1. The second-order valence-corrected chi connectivity index (χ2v) is 9.00. The lowest BCUT2D eigenvalue weighted by atomic mass is 10.3. The predicted octanol–water partition coefficient (Wildman–Crippen LogP) is 3.53. The summed E-state index contributed by atoms with van der Waals surface area (Å²) in [6, 6.07) is 12.2. The molecule has 138 valence electrons. The van der Waals surface area contributed by atoms with Gasteiger partial charge in [0.2, 0.25) is 5.91 Å². The Hall–Kier alpha value is -2.03. The number of carbonyl (C=O) groups excluding carboxylic acids is 2. The Bertz CT molecular complexity index is 895. The van der Waals surface area contributed by atoms with Crippen molar-refractivity contribution in [3.05, 3.63) is 53.6 Å². The molecule has 0 aliphatic rings. The van der Waals surface area contributed by atoms with Crippen molar-refractivity contribution < 1.29 is 18.0 Å². The smallest absolute Gasteiger partial charge is 0.285 e. The number of carbonyl (C=O) groups is 2. The lowest BCUT2D eigenvalue weighted by Crippen LogP contribution is -2.23. The van der Waals surface area contributed by atoms with E-state index in [9.17, 15) is 18.0 Å². The lowest BCUT2D eigenvalue weighted by molar-refractivity contribution is -0.113. The van der Waals surface area contributed by atoms with Gasteiger partial charge in [0.05, 0.1) is 4.90 Å². The molecule has 0 heterocycles. The van der Waals surface area contributed by atoms with E-state index in [-0.39, 0.29) is 10.1 Å². The zero-order chi connectivity index (χ0) is 19.3. The Balaban J connectivity index is 1.99. The minimum atomic E-state index is -3.75. The molecule has 2 amide bonds. The fourth-order valence-electron chi connectivity index (χ4n) is 1.89. The van der Waals surface area contributed by atoms with E-state index in [0.29, 0.717) is 10.7 Å². The number of nitrogens with zero attached hydrogens (tertiary/aromatic N) is 1. The fourth-order valence-corrected chi connectivity index (χ4v) is 3.81. The van der Waals surface area contributed by atoms with Crippen molar-refractivity contribution in [1.82, 2.24) is 4.90 Å². The largest absolute Gasteiger partial charge is 0.339 e. The van der Waals surface area contributed by atoms with Crippen molar-refractivity contribution in [3.63, 3.8) is 0 Å². The molecule has 0 bridgehead atoms. The number of thioether (sulfide) groups is 1. The normalized spacial score (nSPS) is 11.0. The van der Waals surface area contributed by atoms with Gasteiger partial charge in [0.1, 0.15) is 5.75 Å². The first-order chi connectivity index (χ1) is 12.2. The highest BCUT2D eigenvalue weighted by atomic mass is 35.5. The van der Waals surface area contributed by atoms with E-state index in [1.807, 2.05) is 0 Å². The van der Waals surface area contributed by atoms with Crippen LogP contribution in [0.4, 0.5) is 10.5 Å². The van der Waals surface area contributed by atoms with E-state index < -0.39 is 21.5 Å². The first kappa shape index (κ1) is 20.3. The lowest BCUT2D eigenvalue weighted by Gasteiger charge is -2.10. The molecule has 2 aromatic carbocycles. The number of hydrogen-bond acceptors (Lipinski definition) is 5. The maximum absolute atomic E-state index is 12.2. The van der Waals surface area contributed by atoms with Crippen LogP contribution in [0.15, 0.2) is 58.3 Å². The van der Waals surface area contributed by atoms with Crippen LogP contribution in [0.25, 0.3) is 0 Å². The van der Waals surface area contributed by atoms with E-state index in [4.69, 9.17) is 11.6 Å². The fraction of sp³-hybridized carbons (Fsp3) is 0.176. The predicted molar refractivity (Wildman–Crippen MR) is 104 cm³/mol.